The van der Waals surface area contributed by atoms with Gasteiger partial charge in [0.15, 0.2) is 0 Å². The van der Waals surface area contributed by atoms with Crippen LogP contribution in [0.2, 0.25) is 0 Å². The van der Waals surface area contributed by atoms with Crippen molar-refractivity contribution in [1.82, 2.24) is 5.32 Å². The highest BCUT2D eigenvalue weighted by Gasteiger charge is 2.24. The van der Waals surface area contributed by atoms with E-state index in [4.69, 9.17) is 5.73 Å². The number of hydrogen-bond donors (Lipinski definition) is 2. The molecule has 136 valence electrons. The number of carbonyl (C=O) groups excluding carboxylic acids is 1. The summed E-state index contributed by atoms with van der Waals surface area (Å²) in [5, 5.41) is 4.94. The van der Waals surface area contributed by atoms with Crippen molar-refractivity contribution in [2.24, 2.45) is 5.73 Å². The first-order chi connectivity index (χ1) is 12.1. The summed E-state index contributed by atoms with van der Waals surface area (Å²) in [6.45, 7) is 2.84. The van der Waals surface area contributed by atoms with Gasteiger partial charge >= 0.3 is 0 Å². The zero-order chi connectivity index (χ0) is 18.0. The van der Waals surface area contributed by atoms with Gasteiger partial charge in [-0.15, -0.1) is 11.3 Å². The molecule has 0 aliphatic carbocycles. The fourth-order valence-corrected chi connectivity index (χ4v) is 3.70. The highest BCUT2D eigenvalue weighted by atomic mass is 32.1. The largest absolute Gasteiger partial charge is 0.351 e. The molecule has 0 radical (unpaired) electrons. The number of nitrogens with one attached hydrogen (secondary N) is 1. The van der Waals surface area contributed by atoms with E-state index in [0.717, 1.165) is 37.0 Å². The van der Waals surface area contributed by atoms with E-state index in [-0.39, 0.29) is 11.4 Å². The predicted molar refractivity (Wildman–Crippen MR) is 107 cm³/mol. The van der Waals surface area contributed by atoms with Crippen LogP contribution in [-0.4, -0.2) is 18.0 Å². The third-order valence-corrected chi connectivity index (χ3v) is 5.55. The van der Waals surface area contributed by atoms with E-state index >= 15 is 0 Å². The Kier molecular flexibility index (Phi) is 8.16. The van der Waals surface area contributed by atoms with Crippen molar-refractivity contribution in [3.05, 3.63) is 58.3 Å². The molecule has 4 heteroatoms. The zero-order valence-electron chi connectivity index (χ0n) is 15.2. The number of carbonyl (C=O) groups is 1. The first kappa shape index (κ1) is 19.7. The van der Waals surface area contributed by atoms with Crippen LogP contribution in [0.25, 0.3) is 0 Å². The van der Waals surface area contributed by atoms with Crippen molar-refractivity contribution in [1.29, 1.82) is 0 Å². The minimum atomic E-state index is -0.215. The van der Waals surface area contributed by atoms with E-state index in [2.05, 4.69) is 36.5 Å². The Balaban J connectivity index is 1.85. The van der Waals surface area contributed by atoms with E-state index in [0.29, 0.717) is 6.54 Å². The first-order valence-electron chi connectivity index (χ1n) is 9.27. The van der Waals surface area contributed by atoms with E-state index in [1.54, 1.807) is 0 Å². The third kappa shape index (κ3) is 7.00. The van der Waals surface area contributed by atoms with Crippen LogP contribution in [-0.2, 0) is 6.42 Å². The molecule has 0 spiro atoms. The number of aryl methyl sites for hydroxylation is 1. The van der Waals surface area contributed by atoms with Crippen LogP contribution >= 0.6 is 11.3 Å². The Labute approximate surface area is 155 Å². The molecular weight excluding hydrogens is 328 g/mol. The van der Waals surface area contributed by atoms with Crippen LogP contribution in [0.4, 0.5) is 0 Å². The van der Waals surface area contributed by atoms with E-state index in [1.165, 1.54) is 29.7 Å². The van der Waals surface area contributed by atoms with Crippen molar-refractivity contribution in [2.45, 2.75) is 57.4 Å². The molecule has 1 aromatic carbocycles. The summed E-state index contributed by atoms with van der Waals surface area (Å²) in [5.41, 5.74) is 7.86. The molecule has 0 aliphatic heterocycles. The molecule has 0 saturated carbocycles. The van der Waals surface area contributed by atoms with Gasteiger partial charge in [-0.05, 0) is 42.7 Å². The van der Waals surface area contributed by atoms with Crippen molar-refractivity contribution in [3.63, 3.8) is 0 Å². The number of nitrogens with two attached hydrogens (primary N) is 1. The molecule has 0 fully saturated rings. The fourth-order valence-electron chi connectivity index (χ4n) is 3.06. The number of unbranched alkanes of at least 4 members (excludes halogenated alkanes) is 2. The van der Waals surface area contributed by atoms with Crippen molar-refractivity contribution in [2.75, 3.05) is 6.54 Å². The molecule has 2 aromatic rings. The van der Waals surface area contributed by atoms with Crippen LogP contribution in [0.15, 0.2) is 47.8 Å². The molecule has 1 aromatic heterocycles. The molecule has 1 amide bonds. The van der Waals surface area contributed by atoms with Crippen molar-refractivity contribution < 1.29 is 4.79 Å². The molecule has 25 heavy (non-hydrogen) atoms. The number of thiophene rings is 1. The monoisotopic (exact) mass is 358 g/mol. The maximum absolute atomic E-state index is 12.1. The van der Waals surface area contributed by atoms with Crippen LogP contribution in [0.1, 0.15) is 60.7 Å². The normalized spacial score (nSPS) is 13.4. The van der Waals surface area contributed by atoms with Crippen LogP contribution < -0.4 is 11.1 Å². The summed E-state index contributed by atoms with van der Waals surface area (Å²) in [6, 6.07) is 14.3. The Morgan fingerprint density at radius 2 is 1.88 bits per heavy atom. The highest BCUT2D eigenvalue weighted by molar-refractivity contribution is 7.12. The summed E-state index contributed by atoms with van der Waals surface area (Å²) < 4.78 is 0. The summed E-state index contributed by atoms with van der Waals surface area (Å²) >= 11 is 1.47. The maximum atomic E-state index is 12.1. The van der Waals surface area contributed by atoms with Gasteiger partial charge in [0.1, 0.15) is 0 Å². The molecule has 0 aliphatic rings. The lowest BCUT2D eigenvalue weighted by Gasteiger charge is -2.30. The summed E-state index contributed by atoms with van der Waals surface area (Å²) in [4.78, 5) is 12.9. The van der Waals surface area contributed by atoms with Crippen LogP contribution in [0.3, 0.4) is 0 Å². The Morgan fingerprint density at radius 3 is 2.56 bits per heavy atom. The maximum Gasteiger partial charge on any atom is 0.261 e. The molecular formula is C21H30N2OS. The first-order valence-corrected chi connectivity index (χ1v) is 10.2. The number of amides is 1. The van der Waals surface area contributed by atoms with Crippen LogP contribution in [0, 0.1) is 0 Å². The fraction of sp³-hybridized carbons (Fsp3) is 0.476. The van der Waals surface area contributed by atoms with Gasteiger partial charge in [-0.3, -0.25) is 4.79 Å². The van der Waals surface area contributed by atoms with Crippen molar-refractivity contribution >= 4 is 17.2 Å². The quantitative estimate of drug-likeness (QED) is 0.568. The number of rotatable bonds is 11. The SMILES string of the molecule is CCCCCC(N)(CCNC(=O)c1cccs1)CCc1ccccc1. The minimum Gasteiger partial charge on any atom is -0.351 e. The van der Waals surface area contributed by atoms with Crippen LogP contribution in [0.5, 0.6) is 0 Å². The highest BCUT2D eigenvalue weighted by Crippen LogP contribution is 2.23. The second kappa shape index (κ2) is 10.4. The van der Waals surface area contributed by atoms with Gasteiger partial charge in [0.25, 0.3) is 5.91 Å². The Bertz CT molecular complexity index is 612. The predicted octanol–water partition coefficient (Wildman–Crippen LogP) is 4.78. The lowest BCUT2D eigenvalue weighted by molar-refractivity contribution is 0.0954. The van der Waals surface area contributed by atoms with Gasteiger partial charge in [-0.25, -0.2) is 0 Å². The Morgan fingerprint density at radius 1 is 1.08 bits per heavy atom. The third-order valence-electron chi connectivity index (χ3n) is 4.69. The summed E-state index contributed by atoms with van der Waals surface area (Å²) in [7, 11) is 0. The summed E-state index contributed by atoms with van der Waals surface area (Å²) in [5.74, 6) is 0.00830. The van der Waals surface area contributed by atoms with Gasteiger partial charge in [-0.2, -0.15) is 0 Å². The van der Waals surface area contributed by atoms with Gasteiger partial charge in [0.05, 0.1) is 4.88 Å². The molecule has 0 bridgehead atoms. The van der Waals surface area contributed by atoms with E-state index in [9.17, 15) is 4.79 Å². The average Bonchev–Trinajstić information content (AvgIpc) is 3.16. The lowest BCUT2D eigenvalue weighted by atomic mass is 9.84. The van der Waals surface area contributed by atoms with E-state index < -0.39 is 0 Å². The number of hydrogen-bond acceptors (Lipinski definition) is 3. The second-order valence-corrected chi connectivity index (χ2v) is 7.74. The van der Waals surface area contributed by atoms with Crippen molar-refractivity contribution in [3.8, 4) is 0 Å². The molecule has 3 N–H and O–H groups in total. The smallest absolute Gasteiger partial charge is 0.261 e. The van der Waals surface area contributed by atoms with Gasteiger partial charge in [-0.1, -0.05) is 62.6 Å². The van der Waals surface area contributed by atoms with E-state index in [1.807, 2.05) is 23.6 Å². The molecule has 1 unspecified atom stereocenters. The molecule has 0 saturated heterocycles. The second-order valence-electron chi connectivity index (χ2n) is 6.79. The lowest BCUT2D eigenvalue weighted by Crippen LogP contribution is -2.43. The van der Waals surface area contributed by atoms with Gasteiger partial charge < -0.3 is 11.1 Å². The molecule has 1 atom stereocenters. The number of benzene rings is 1. The minimum absolute atomic E-state index is 0.00830. The zero-order valence-corrected chi connectivity index (χ0v) is 16.0. The topological polar surface area (TPSA) is 55.1 Å². The van der Waals surface area contributed by atoms with Gasteiger partial charge in [0, 0.05) is 12.1 Å². The Hall–Kier alpha value is -1.65. The summed E-state index contributed by atoms with van der Waals surface area (Å²) in [6.07, 6.45) is 7.34. The van der Waals surface area contributed by atoms with Gasteiger partial charge in [0.2, 0.25) is 0 Å². The molecule has 2 rings (SSSR count). The molecule has 3 nitrogen and oxygen atoms in total. The standard InChI is InChI=1S/C21H30N2OS/c1-2-3-7-13-21(22,14-12-18-9-5-4-6-10-18)15-16-23-20(24)19-11-8-17-25-19/h4-6,8-11,17H,2-3,7,12-16,22H2,1H3,(H,23,24). The average molecular weight is 359 g/mol. The molecule has 1 heterocycles.